The highest BCUT2D eigenvalue weighted by Gasteiger charge is 2.07. The molecule has 48 valence electrons. The molecule has 8 heavy (non-hydrogen) atoms. The van der Waals surface area contributed by atoms with Crippen LogP contribution in [0.1, 0.15) is 13.8 Å². The van der Waals surface area contributed by atoms with E-state index in [0.29, 0.717) is 5.25 Å². The van der Waals surface area contributed by atoms with Crippen LogP contribution in [-0.2, 0) is 4.79 Å². The molecule has 0 bridgehead atoms. The Morgan fingerprint density at radius 2 is 2.00 bits per heavy atom. The molecule has 0 aliphatic rings. The van der Waals surface area contributed by atoms with Crippen LogP contribution in [-0.4, -0.2) is 17.8 Å². The molecule has 0 fully saturated rings. The summed E-state index contributed by atoms with van der Waals surface area (Å²) in [5.41, 5.74) is 0. The van der Waals surface area contributed by atoms with Crippen LogP contribution < -0.4 is 0 Å². The third-order valence-corrected chi connectivity index (χ3v) is 2.50. The van der Waals surface area contributed by atoms with Gasteiger partial charge >= 0.3 is 0 Å². The Bertz CT molecular complexity index is 72.9. The average molecular weight is 132 g/mol. The molecule has 0 aromatic heterocycles. The molecule has 2 heteroatoms. The van der Waals surface area contributed by atoms with Crippen molar-refractivity contribution in [2.45, 2.75) is 19.1 Å². The Kier molecular flexibility index (Phi) is 3.97. The van der Waals surface area contributed by atoms with Crippen LogP contribution in [0.3, 0.4) is 0 Å². The molecule has 0 amide bonds. The van der Waals surface area contributed by atoms with Gasteiger partial charge in [-0.25, -0.2) is 0 Å². The predicted molar refractivity (Wildman–Crippen MR) is 38.2 cm³/mol. The monoisotopic (exact) mass is 132 g/mol. The molecular weight excluding hydrogens is 120 g/mol. The smallest absolute Gasteiger partial charge is 0.123 e. The zero-order chi connectivity index (χ0) is 6.57. The highest BCUT2D eigenvalue weighted by Crippen LogP contribution is 2.13. The van der Waals surface area contributed by atoms with Crippen molar-refractivity contribution in [3.05, 3.63) is 0 Å². The van der Waals surface area contributed by atoms with Gasteiger partial charge in [0.1, 0.15) is 6.29 Å². The topological polar surface area (TPSA) is 17.1 Å². The van der Waals surface area contributed by atoms with Gasteiger partial charge in [0, 0.05) is 11.2 Å². The molecule has 0 rings (SSSR count). The zero-order valence-electron chi connectivity index (χ0n) is 5.55. The van der Waals surface area contributed by atoms with Crippen LogP contribution in [0.15, 0.2) is 0 Å². The molecule has 2 unspecified atom stereocenters. The number of rotatable bonds is 3. The molecule has 0 N–H and O–H groups in total. The highest BCUT2D eigenvalue weighted by atomic mass is 32.2. The Morgan fingerprint density at radius 1 is 1.50 bits per heavy atom. The molecule has 0 aliphatic carbocycles. The quantitative estimate of drug-likeness (QED) is 0.542. The molecule has 0 spiro atoms. The summed E-state index contributed by atoms with van der Waals surface area (Å²) in [5.74, 6) is 0.199. The van der Waals surface area contributed by atoms with E-state index in [0.717, 1.165) is 6.29 Å². The average Bonchev–Trinajstić information content (AvgIpc) is 1.84. The summed E-state index contributed by atoms with van der Waals surface area (Å²) >= 11 is 1.73. The standard InChI is InChI=1S/C6H12OS/c1-5(4-7)6(2)8-3/h4-6H,1-3H3. The van der Waals surface area contributed by atoms with Crippen molar-refractivity contribution in [2.75, 3.05) is 6.26 Å². The number of carbonyl (C=O) groups excluding carboxylic acids is 1. The van der Waals surface area contributed by atoms with Crippen molar-refractivity contribution in [1.29, 1.82) is 0 Å². The van der Waals surface area contributed by atoms with Gasteiger partial charge in [-0.1, -0.05) is 13.8 Å². The summed E-state index contributed by atoms with van der Waals surface area (Å²) in [7, 11) is 0. The molecule has 0 saturated carbocycles. The van der Waals surface area contributed by atoms with E-state index in [2.05, 4.69) is 6.92 Å². The van der Waals surface area contributed by atoms with Gasteiger partial charge in [-0.3, -0.25) is 0 Å². The highest BCUT2D eigenvalue weighted by molar-refractivity contribution is 7.99. The van der Waals surface area contributed by atoms with Crippen LogP contribution in [0.2, 0.25) is 0 Å². The Hall–Kier alpha value is 0.0200. The van der Waals surface area contributed by atoms with Crippen molar-refractivity contribution in [1.82, 2.24) is 0 Å². The summed E-state index contributed by atoms with van der Waals surface area (Å²) in [6.45, 7) is 4.00. The summed E-state index contributed by atoms with van der Waals surface area (Å²) in [4.78, 5) is 10.1. The lowest BCUT2D eigenvalue weighted by Crippen LogP contribution is -2.09. The summed E-state index contributed by atoms with van der Waals surface area (Å²) < 4.78 is 0. The third kappa shape index (κ3) is 2.36. The first-order chi connectivity index (χ1) is 3.72. The van der Waals surface area contributed by atoms with E-state index in [1.165, 1.54) is 0 Å². The molecule has 0 heterocycles. The van der Waals surface area contributed by atoms with E-state index in [1.807, 2.05) is 13.2 Å². The fourth-order valence-electron chi connectivity index (χ4n) is 0.325. The minimum atomic E-state index is 0.199. The number of hydrogen-bond acceptors (Lipinski definition) is 2. The van der Waals surface area contributed by atoms with E-state index in [1.54, 1.807) is 11.8 Å². The zero-order valence-corrected chi connectivity index (χ0v) is 6.37. The van der Waals surface area contributed by atoms with Crippen LogP contribution in [0.5, 0.6) is 0 Å². The first kappa shape index (κ1) is 8.02. The largest absolute Gasteiger partial charge is 0.303 e. The van der Waals surface area contributed by atoms with Gasteiger partial charge in [-0.05, 0) is 6.26 Å². The van der Waals surface area contributed by atoms with Crippen molar-refractivity contribution in [3.63, 3.8) is 0 Å². The Labute approximate surface area is 54.8 Å². The van der Waals surface area contributed by atoms with Gasteiger partial charge in [0.15, 0.2) is 0 Å². The van der Waals surface area contributed by atoms with E-state index >= 15 is 0 Å². The first-order valence-electron chi connectivity index (χ1n) is 2.70. The molecule has 2 atom stereocenters. The Balaban J connectivity index is 3.44. The number of thioether (sulfide) groups is 1. The second-order valence-electron chi connectivity index (χ2n) is 1.94. The van der Waals surface area contributed by atoms with Crippen molar-refractivity contribution >= 4 is 18.0 Å². The minimum Gasteiger partial charge on any atom is -0.303 e. The lowest BCUT2D eigenvalue weighted by molar-refractivity contribution is -0.110. The van der Waals surface area contributed by atoms with E-state index in [4.69, 9.17) is 0 Å². The molecule has 0 radical (unpaired) electrons. The molecular formula is C6H12OS. The van der Waals surface area contributed by atoms with Crippen LogP contribution in [0, 0.1) is 5.92 Å². The van der Waals surface area contributed by atoms with Crippen LogP contribution in [0.4, 0.5) is 0 Å². The predicted octanol–water partition coefficient (Wildman–Crippen LogP) is 1.57. The molecule has 0 aliphatic heterocycles. The number of carbonyl (C=O) groups is 1. The van der Waals surface area contributed by atoms with E-state index < -0.39 is 0 Å². The van der Waals surface area contributed by atoms with Crippen molar-refractivity contribution in [3.8, 4) is 0 Å². The number of aldehydes is 1. The van der Waals surface area contributed by atoms with Gasteiger partial charge in [0.25, 0.3) is 0 Å². The number of hydrogen-bond donors (Lipinski definition) is 0. The molecule has 0 aromatic rings. The van der Waals surface area contributed by atoms with Crippen LogP contribution >= 0.6 is 11.8 Å². The normalized spacial score (nSPS) is 17.4. The second-order valence-corrected chi connectivity index (χ2v) is 3.15. The fourth-order valence-corrected chi connectivity index (χ4v) is 0.819. The van der Waals surface area contributed by atoms with E-state index in [9.17, 15) is 4.79 Å². The van der Waals surface area contributed by atoms with Gasteiger partial charge < -0.3 is 4.79 Å². The van der Waals surface area contributed by atoms with Crippen LogP contribution in [0.25, 0.3) is 0 Å². The first-order valence-corrected chi connectivity index (χ1v) is 3.99. The maximum absolute atomic E-state index is 10.1. The lowest BCUT2D eigenvalue weighted by atomic mass is 10.1. The molecule has 0 aromatic carbocycles. The van der Waals surface area contributed by atoms with Crippen molar-refractivity contribution < 1.29 is 4.79 Å². The van der Waals surface area contributed by atoms with Gasteiger partial charge in [0.2, 0.25) is 0 Å². The minimum absolute atomic E-state index is 0.199. The summed E-state index contributed by atoms with van der Waals surface area (Å²) in [6, 6.07) is 0. The Morgan fingerprint density at radius 3 is 2.12 bits per heavy atom. The summed E-state index contributed by atoms with van der Waals surface area (Å²) in [6.07, 6.45) is 3.02. The fraction of sp³-hybridized carbons (Fsp3) is 0.833. The molecule has 1 nitrogen and oxygen atoms in total. The SMILES string of the molecule is CSC(C)C(C)C=O. The van der Waals surface area contributed by atoms with Gasteiger partial charge in [-0.2, -0.15) is 11.8 Å². The second kappa shape index (κ2) is 3.96. The van der Waals surface area contributed by atoms with Crippen molar-refractivity contribution in [2.24, 2.45) is 5.92 Å². The van der Waals surface area contributed by atoms with Gasteiger partial charge in [-0.15, -0.1) is 0 Å². The lowest BCUT2D eigenvalue weighted by Gasteiger charge is -2.08. The maximum Gasteiger partial charge on any atom is 0.123 e. The molecule has 0 saturated heterocycles. The van der Waals surface area contributed by atoms with Gasteiger partial charge in [0.05, 0.1) is 0 Å². The third-order valence-electron chi connectivity index (χ3n) is 1.33. The van der Waals surface area contributed by atoms with E-state index in [-0.39, 0.29) is 5.92 Å². The maximum atomic E-state index is 10.1. The summed E-state index contributed by atoms with van der Waals surface area (Å²) in [5, 5.41) is 0.465.